The number of aryl methyl sites for hydroxylation is 2. The van der Waals surface area contributed by atoms with Gasteiger partial charge in [-0.25, -0.2) is 4.68 Å². The molecule has 2 rings (SSSR count). The van der Waals surface area contributed by atoms with Crippen LogP contribution in [0.2, 0.25) is 0 Å². The van der Waals surface area contributed by atoms with Gasteiger partial charge in [-0.05, 0) is 31.0 Å². The van der Waals surface area contributed by atoms with Crippen LogP contribution in [-0.4, -0.2) is 14.9 Å². The number of nitrogens with two attached hydrogens (primary N) is 1. The van der Waals surface area contributed by atoms with E-state index in [0.717, 1.165) is 24.2 Å². The molecule has 1 aromatic carbocycles. The van der Waals surface area contributed by atoms with Gasteiger partial charge in [0.2, 0.25) is 5.88 Å². The highest BCUT2D eigenvalue weighted by molar-refractivity contribution is 5.54. The Bertz CT molecular complexity index is 564. The third-order valence-corrected chi connectivity index (χ3v) is 2.86. The number of aliphatic hydroxyl groups is 1. The second-order valence-corrected chi connectivity index (χ2v) is 4.43. The molecule has 2 aromatic rings. The van der Waals surface area contributed by atoms with Crippen LogP contribution in [0.3, 0.4) is 0 Å². The van der Waals surface area contributed by atoms with Gasteiger partial charge in [-0.2, -0.15) is 5.10 Å². The van der Waals surface area contributed by atoms with Gasteiger partial charge < -0.3 is 15.6 Å². The number of rotatable bonds is 5. The monoisotopic (exact) mass is 261 g/mol. The SMILES string of the molecule is CCCn1nc(C)c(N)c1Oc1cccc(CO)c1. The molecule has 1 heterocycles. The Morgan fingerprint density at radius 3 is 2.89 bits per heavy atom. The summed E-state index contributed by atoms with van der Waals surface area (Å²) >= 11 is 0. The molecule has 0 saturated heterocycles. The molecule has 0 radical (unpaired) electrons. The molecule has 5 nitrogen and oxygen atoms in total. The number of nitrogen functional groups attached to an aromatic ring is 1. The smallest absolute Gasteiger partial charge is 0.241 e. The fourth-order valence-electron chi connectivity index (χ4n) is 1.86. The van der Waals surface area contributed by atoms with E-state index in [1.165, 1.54) is 0 Å². The minimum Gasteiger partial charge on any atom is -0.437 e. The molecule has 0 saturated carbocycles. The van der Waals surface area contributed by atoms with Crippen LogP contribution >= 0.6 is 0 Å². The van der Waals surface area contributed by atoms with Crippen LogP contribution in [0.25, 0.3) is 0 Å². The van der Waals surface area contributed by atoms with Crippen LogP contribution in [0, 0.1) is 6.92 Å². The molecule has 0 atom stereocenters. The maximum Gasteiger partial charge on any atom is 0.241 e. The van der Waals surface area contributed by atoms with Gasteiger partial charge in [0.15, 0.2) is 0 Å². The zero-order valence-corrected chi connectivity index (χ0v) is 11.3. The molecule has 0 fully saturated rings. The Balaban J connectivity index is 2.31. The van der Waals surface area contributed by atoms with Crippen LogP contribution in [0.4, 0.5) is 5.69 Å². The Morgan fingerprint density at radius 2 is 2.21 bits per heavy atom. The van der Waals surface area contributed by atoms with Gasteiger partial charge in [0.25, 0.3) is 0 Å². The molecule has 3 N–H and O–H groups in total. The number of hydrogen-bond acceptors (Lipinski definition) is 4. The van der Waals surface area contributed by atoms with E-state index in [1.54, 1.807) is 10.7 Å². The number of anilines is 1. The molecule has 102 valence electrons. The third-order valence-electron chi connectivity index (χ3n) is 2.86. The second kappa shape index (κ2) is 5.75. The highest BCUT2D eigenvalue weighted by Gasteiger charge is 2.14. The zero-order valence-electron chi connectivity index (χ0n) is 11.3. The van der Waals surface area contributed by atoms with Crippen molar-refractivity contribution in [1.82, 2.24) is 9.78 Å². The lowest BCUT2D eigenvalue weighted by Gasteiger charge is -2.09. The summed E-state index contributed by atoms with van der Waals surface area (Å²) in [5.74, 6) is 1.21. The Hall–Kier alpha value is -2.01. The van der Waals surface area contributed by atoms with Gasteiger partial charge in [0.1, 0.15) is 11.4 Å². The lowest BCUT2D eigenvalue weighted by molar-refractivity contribution is 0.281. The molecule has 0 unspecified atom stereocenters. The molecular formula is C14H19N3O2. The maximum absolute atomic E-state index is 9.13. The van der Waals surface area contributed by atoms with Crippen LogP contribution in [-0.2, 0) is 13.2 Å². The summed E-state index contributed by atoms with van der Waals surface area (Å²) in [5.41, 5.74) is 8.12. The van der Waals surface area contributed by atoms with E-state index in [1.807, 2.05) is 25.1 Å². The van der Waals surface area contributed by atoms with E-state index < -0.39 is 0 Å². The number of aromatic nitrogens is 2. The van der Waals surface area contributed by atoms with E-state index >= 15 is 0 Å². The standard InChI is InChI=1S/C14H19N3O2/c1-3-7-17-14(13(15)10(2)16-17)19-12-6-4-5-11(8-12)9-18/h4-6,8,18H,3,7,9,15H2,1-2H3. The number of benzene rings is 1. The van der Waals surface area contributed by atoms with Gasteiger partial charge in [-0.15, -0.1) is 0 Å². The summed E-state index contributed by atoms with van der Waals surface area (Å²) < 4.78 is 7.59. The number of hydrogen-bond donors (Lipinski definition) is 2. The first kappa shape index (κ1) is 13.4. The zero-order chi connectivity index (χ0) is 13.8. The van der Waals surface area contributed by atoms with E-state index in [2.05, 4.69) is 12.0 Å². The fraction of sp³-hybridized carbons (Fsp3) is 0.357. The highest BCUT2D eigenvalue weighted by Crippen LogP contribution is 2.30. The second-order valence-electron chi connectivity index (χ2n) is 4.43. The largest absolute Gasteiger partial charge is 0.437 e. The van der Waals surface area contributed by atoms with E-state index in [4.69, 9.17) is 15.6 Å². The summed E-state index contributed by atoms with van der Waals surface area (Å²) in [6.45, 7) is 4.68. The first-order valence-electron chi connectivity index (χ1n) is 6.36. The van der Waals surface area contributed by atoms with Crippen molar-refractivity contribution in [2.45, 2.75) is 33.4 Å². The molecule has 1 aromatic heterocycles. The van der Waals surface area contributed by atoms with Crippen molar-refractivity contribution in [1.29, 1.82) is 0 Å². The molecular weight excluding hydrogens is 242 g/mol. The molecule has 0 bridgehead atoms. The highest BCUT2D eigenvalue weighted by atomic mass is 16.5. The summed E-state index contributed by atoms with van der Waals surface area (Å²) in [6, 6.07) is 7.30. The van der Waals surface area contributed by atoms with Gasteiger partial charge >= 0.3 is 0 Å². The minimum absolute atomic E-state index is 0.0140. The number of ether oxygens (including phenoxy) is 1. The van der Waals surface area contributed by atoms with Crippen LogP contribution in [0.15, 0.2) is 24.3 Å². The van der Waals surface area contributed by atoms with Gasteiger partial charge in [-0.3, -0.25) is 0 Å². The van der Waals surface area contributed by atoms with E-state index in [-0.39, 0.29) is 6.61 Å². The normalized spacial score (nSPS) is 10.7. The Labute approximate surface area is 112 Å². The molecule has 5 heteroatoms. The fourth-order valence-corrected chi connectivity index (χ4v) is 1.86. The molecule has 0 aliphatic carbocycles. The van der Waals surface area contributed by atoms with Crippen LogP contribution in [0.5, 0.6) is 11.6 Å². The van der Waals surface area contributed by atoms with Crippen molar-refractivity contribution in [3.05, 3.63) is 35.5 Å². The van der Waals surface area contributed by atoms with Gasteiger partial charge in [-0.1, -0.05) is 19.1 Å². The van der Waals surface area contributed by atoms with Crippen molar-refractivity contribution in [3.8, 4) is 11.6 Å². The lowest BCUT2D eigenvalue weighted by atomic mass is 10.2. The van der Waals surface area contributed by atoms with Gasteiger partial charge in [0, 0.05) is 6.54 Å². The van der Waals surface area contributed by atoms with Gasteiger partial charge in [0.05, 0.1) is 12.3 Å². The summed E-state index contributed by atoms with van der Waals surface area (Å²) in [7, 11) is 0. The van der Waals surface area contributed by atoms with Crippen molar-refractivity contribution in [2.75, 3.05) is 5.73 Å². The average Bonchev–Trinajstić information content (AvgIpc) is 2.67. The predicted molar refractivity (Wildman–Crippen MR) is 74.1 cm³/mol. The van der Waals surface area contributed by atoms with Crippen molar-refractivity contribution in [2.24, 2.45) is 0 Å². The minimum atomic E-state index is -0.0140. The van der Waals surface area contributed by atoms with E-state index in [9.17, 15) is 0 Å². The summed E-state index contributed by atoms with van der Waals surface area (Å²) in [4.78, 5) is 0. The van der Waals surface area contributed by atoms with Crippen molar-refractivity contribution in [3.63, 3.8) is 0 Å². The molecule has 0 amide bonds. The first-order chi connectivity index (χ1) is 9.15. The Kier molecular flexibility index (Phi) is 4.06. The predicted octanol–water partition coefficient (Wildman–Crippen LogP) is 2.47. The Morgan fingerprint density at radius 1 is 1.42 bits per heavy atom. The molecule has 0 aliphatic rings. The molecule has 19 heavy (non-hydrogen) atoms. The van der Waals surface area contributed by atoms with Crippen molar-refractivity contribution >= 4 is 5.69 Å². The maximum atomic E-state index is 9.13. The van der Waals surface area contributed by atoms with Crippen LogP contribution < -0.4 is 10.5 Å². The number of nitrogens with zero attached hydrogens (tertiary/aromatic N) is 2. The first-order valence-corrected chi connectivity index (χ1v) is 6.36. The van der Waals surface area contributed by atoms with E-state index in [0.29, 0.717) is 17.3 Å². The summed E-state index contributed by atoms with van der Waals surface area (Å²) in [5, 5.41) is 13.5. The molecule has 0 aliphatic heterocycles. The molecule has 0 spiro atoms. The van der Waals surface area contributed by atoms with Crippen molar-refractivity contribution < 1.29 is 9.84 Å². The quantitative estimate of drug-likeness (QED) is 0.867. The number of aliphatic hydroxyl groups excluding tert-OH is 1. The third kappa shape index (κ3) is 2.88. The topological polar surface area (TPSA) is 73.3 Å². The average molecular weight is 261 g/mol. The lowest BCUT2D eigenvalue weighted by Crippen LogP contribution is -2.02. The van der Waals surface area contributed by atoms with Crippen LogP contribution in [0.1, 0.15) is 24.6 Å². The summed E-state index contributed by atoms with van der Waals surface area (Å²) in [6.07, 6.45) is 0.952.